The molecule has 1 amide bonds. The minimum Gasteiger partial charge on any atom is -0.452 e. The molecule has 26 heavy (non-hydrogen) atoms. The molecule has 0 spiro atoms. The average Bonchev–Trinajstić information content (AvgIpc) is 3.36. The van der Waals surface area contributed by atoms with Gasteiger partial charge in [-0.2, -0.15) is 5.10 Å². The summed E-state index contributed by atoms with van der Waals surface area (Å²) >= 11 is 0. The van der Waals surface area contributed by atoms with Crippen molar-refractivity contribution in [1.82, 2.24) is 14.8 Å². The Labute approximate surface area is 149 Å². The second-order valence-electron chi connectivity index (χ2n) is 5.89. The summed E-state index contributed by atoms with van der Waals surface area (Å²) in [6, 6.07) is 14.5. The minimum absolute atomic E-state index is 0.220. The summed E-state index contributed by atoms with van der Waals surface area (Å²) in [6.07, 6.45) is 3.82. The summed E-state index contributed by atoms with van der Waals surface area (Å²) in [5.41, 5.74) is 3.19. The summed E-state index contributed by atoms with van der Waals surface area (Å²) < 4.78 is 6.77. The van der Waals surface area contributed by atoms with Gasteiger partial charge in [0.05, 0.1) is 11.3 Å². The van der Waals surface area contributed by atoms with Gasteiger partial charge in [0.1, 0.15) is 12.7 Å². The van der Waals surface area contributed by atoms with Crippen LogP contribution in [0.25, 0.3) is 5.69 Å². The molecule has 0 radical (unpaired) electrons. The van der Waals surface area contributed by atoms with Crippen LogP contribution < -0.4 is 4.90 Å². The van der Waals surface area contributed by atoms with E-state index in [1.165, 1.54) is 6.33 Å². The van der Waals surface area contributed by atoms with Crippen LogP contribution in [0.2, 0.25) is 0 Å². The van der Waals surface area contributed by atoms with Crippen molar-refractivity contribution < 1.29 is 14.3 Å². The summed E-state index contributed by atoms with van der Waals surface area (Å²) in [5, 5.41) is 4.02. The number of aromatic nitrogens is 3. The van der Waals surface area contributed by atoms with Gasteiger partial charge in [-0.05, 0) is 42.3 Å². The lowest BCUT2D eigenvalue weighted by Gasteiger charge is -2.17. The Morgan fingerprint density at radius 3 is 2.65 bits per heavy atom. The molecule has 0 saturated heterocycles. The molecule has 1 aliphatic heterocycles. The van der Waals surface area contributed by atoms with Gasteiger partial charge in [-0.25, -0.2) is 14.5 Å². The van der Waals surface area contributed by atoms with E-state index in [2.05, 4.69) is 10.1 Å². The summed E-state index contributed by atoms with van der Waals surface area (Å²) in [5.74, 6) is -0.751. The maximum absolute atomic E-state index is 12.4. The Kier molecular flexibility index (Phi) is 4.18. The third kappa shape index (κ3) is 3.06. The SMILES string of the molecule is O=C(OCC(=O)N1CCc2ccccc21)c1ccc(-n2cncn2)cc1. The van der Waals surface area contributed by atoms with E-state index in [-0.39, 0.29) is 12.5 Å². The van der Waals surface area contributed by atoms with Crippen LogP contribution in [0.5, 0.6) is 0 Å². The van der Waals surface area contributed by atoms with Crippen molar-refractivity contribution in [3.63, 3.8) is 0 Å². The molecular formula is C19H16N4O3. The van der Waals surface area contributed by atoms with Crippen molar-refractivity contribution in [1.29, 1.82) is 0 Å². The van der Waals surface area contributed by atoms with Crippen molar-refractivity contribution in [3.8, 4) is 5.69 Å². The molecule has 1 aliphatic rings. The predicted octanol–water partition coefficient (Wildman–Crippen LogP) is 2.01. The topological polar surface area (TPSA) is 77.3 Å². The molecule has 1 aromatic heterocycles. The number of hydrogen-bond donors (Lipinski definition) is 0. The Bertz CT molecular complexity index is 936. The molecule has 4 rings (SSSR count). The van der Waals surface area contributed by atoms with E-state index in [0.717, 1.165) is 23.4 Å². The van der Waals surface area contributed by atoms with Gasteiger partial charge in [-0.1, -0.05) is 18.2 Å². The molecule has 0 saturated carbocycles. The highest BCUT2D eigenvalue weighted by atomic mass is 16.5. The third-order valence-electron chi connectivity index (χ3n) is 4.30. The highest BCUT2D eigenvalue weighted by Crippen LogP contribution is 2.27. The number of nitrogens with zero attached hydrogens (tertiary/aromatic N) is 4. The van der Waals surface area contributed by atoms with Gasteiger partial charge in [0.15, 0.2) is 6.61 Å². The highest BCUT2D eigenvalue weighted by molar-refractivity contribution is 5.98. The van der Waals surface area contributed by atoms with Crippen LogP contribution in [-0.2, 0) is 16.0 Å². The first kappa shape index (κ1) is 16.0. The fourth-order valence-electron chi connectivity index (χ4n) is 2.98. The molecule has 0 aliphatic carbocycles. The van der Waals surface area contributed by atoms with Crippen LogP contribution >= 0.6 is 0 Å². The molecule has 0 bridgehead atoms. The van der Waals surface area contributed by atoms with Gasteiger partial charge < -0.3 is 9.64 Å². The molecular weight excluding hydrogens is 332 g/mol. The van der Waals surface area contributed by atoms with E-state index in [1.54, 1.807) is 40.2 Å². The second kappa shape index (κ2) is 6.79. The van der Waals surface area contributed by atoms with Crippen molar-refractivity contribution >= 4 is 17.6 Å². The van der Waals surface area contributed by atoms with Crippen molar-refractivity contribution in [2.24, 2.45) is 0 Å². The Morgan fingerprint density at radius 1 is 1.08 bits per heavy atom. The lowest BCUT2D eigenvalue weighted by Crippen LogP contribution is -2.33. The first-order valence-corrected chi connectivity index (χ1v) is 8.23. The molecule has 3 aromatic rings. The van der Waals surface area contributed by atoms with Crippen molar-refractivity contribution in [3.05, 3.63) is 72.3 Å². The van der Waals surface area contributed by atoms with Gasteiger partial charge in [0, 0.05) is 12.2 Å². The fourth-order valence-corrected chi connectivity index (χ4v) is 2.98. The first-order chi connectivity index (χ1) is 12.7. The summed E-state index contributed by atoms with van der Waals surface area (Å²) in [6.45, 7) is 0.334. The van der Waals surface area contributed by atoms with Crippen molar-refractivity contribution in [2.45, 2.75) is 6.42 Å². The third-order valence-corrected chi connectivity index (χ3v) is 4.30. The molecule has 7 nitrogen and oxygen atoms in total. The standard InChI is InChI=1S/C19H16N4O3/c24-18(22-10-9-14-3-1-2-4-17(14)22)11-26-19(25)15-5-7-16(8-6-15)23-13-20-12-21-23/h1-8,12-13H,9-11H2. The Hall–Kier alpha value is -3.48. The summed E-state index contributed by atoms with van der Waals surface area (Å²) in [7, 11) is 0. The monoisotopic (exact) mass is 348 g/mol. The smallest absolute Gasteiger partial charge is 0.338 e. The number of esters is 1. The Balaban J connectivity index is 1.37. The lowest BCUT2D eigenvalue weighted by molar-refractivity contribution is -0.121. The quantitative estimate of drug-likeness (QED) is 0.674. The van der Waals surface area contributed by atoms with E-state index >= 15 is 0 Å². The van der Waals surface area contributed by atoms with Crippen molar-refractivity contribution in [2.75, 3.05) is 18.1 Å². The number of rotatable bonds is 4. The van der Waals surface area contributed by atoms with E-state index in [4.69, 9.17) is 4.74 Å². The summed E-state index contributed by atoms with van der Waals surface area (Å²) in [4.78, 5) is 30.1. The van der Waals surface area contributed by atoms with Gasteiger partial charge in [0.25, 0.3) is 5.91 Å². The zero-order chi connectivity index (χ0) is 17.9. The van der Waals surface area contributed by atoms with E-state index in [1.807, 2.05) is 24.3 Å². The number of anilines is 1. The Morgan fingerprint density at radius 2 is 1.88 bits per heavy atom. The molecule has 0 atom stereocenters. The maximum atomic E-state index is 12.4. The molecule has 0 N–H and O–H groups in total. The largest absolute Gasteiger partial charge is 0.452 e. The normalized spacial score (nSPS) is 12.7. The van der Waals surface area contributed by atoms with Gasteiger partial charge in [-0.15, -0.1) is 0 Å². The number of fused-ring (bicyclic) bond motifs is 1. The predicted molar refractivity (Wildman–Crippen MR) is 94.1 cm³/mol. The zero-order valence-corrected chi connectivity index (χ0v) is 13.9. The zero-order valence-electron chi connectivity index (χ0n) is 13.9. The van der Waals surface area contributed by atoms with Crippen LogP contribution in [0.1, 0.15) is 15.9 Å². The second-order valence-corrected chi connectivity index (χ2v) is 5.89. The minimum atomic E-state index is -0.532. The number of carbonyl (C=O) groups is 2. The fraction of sp³-hybridized carbons (Fsp3) is 0.158. The van der Waals surface area contributed by atoms with Crippen LogP contribution in [0, 0.1) is 0 Å². The molecule has 7 heteroatoms. The number of amides is 1. The number of ether oxygens (including phenoxy) is 1. The number of para-hydroxylation sites is 1. The van der Waals surface area contributed by atoms with Gasteiger partial charge in [0.2, 0.25) is 0 Å². The van der Waals surface area contributed by atoms with Gasteiger partial charge in [-0.3, -0.25) is 4.79 Å². The molecule has 0 unspecified atom stereocenters. The van der Waals surface area contributed by atoms with Crippen LogP contribution in [0.3, 0.4) is 0 Å². The maximum Gasteiger partial charge on any atom is 0.338 e. The average molecular weight is 348 g/mol. The number of benzene rings is 2. The van der Waals surface area contributed by atoms with E-state index in [9.17, 15) is 9.59 Å². The number of hydrogen-bond acceptors (Lipinski definition) is 5. The molecule has 2 heterocycles. The van der Waals surface area contributed by atoms with E-state index < -0.39 is 5.97 Å². The first-order valence-electron chi connectivity index (χ1n) is 8.23. The lowest BCUT2D eigenvalue weighted by atomic mass is 10.2. The van der Waals surface area contributed by atoms with Crippen LogP contribution in [0.4, 0.5) is 5.69 Å². The van der Waals surface area contributed by atoms with Crippen LogP contribution in [-0.4, -0.2) is 39.8 Å². The molecule has 0 fully saturated rings. The molecule has 130 valence electrons. The van der Waals surface area contributed by atoms with Gasteiger partial charge >= 0.3 is 5.97 Å². The van der Waals surface area contributed by atoms with Crippen LogP contribution in [0.15, 0.2) is 61.2 Å². The highest BCUT2D eigenvalue weighted by Gasteiger charge is 2.25. The molecule has 2 aromatic carbocycles. The number of carbonyl (C=O) groups excluding carboxylic acids is 2. The van der Waals surface area contributed by atoms with E-state index in [0.29, 0.717) is 12.1 Å².